The second-order valence-corrected chi connectivity index (χ2v) is 8.34. The van der Waals surface area contributed by atoms with Gasteiger partial charge in [0.25, 0.3) is 11.8 Å². The van der Waals surface area contributed by atoms with Crippen LogP contribution in [0.25, 0.3) is 0 Å². The molecule has 168 valence electrons. The molecule has 0 aromatic heterocycles. The van der Waals surface area contributed by atoms with Crippen LogP contribution in [-0.2, 0) is 9.59 Å². The highest BCUT2D eigenvalue weighted by Crippen LogP contribution is 2.22. The van der Waals surface area contributed by atoms with Gasteiger partial charge in [0.1, 0.15) is 11.5 Å². The number of terminal acetylenes is 1. The molecule has 3 rings (SSSR count). The minimum Gasteiger partial charge on any atom is -0.484 e. The topological polar surface area (TPSA) is 76.7 Å². The van der Waals surface area contributed by atoms with E-state index in [0.717, 1.165) is 25.7 Å². The van der Waals surface area contributed by atoms with Crippen LogP contribution < -0.4 is 20.1 Å². The molecule has 0 bridgehead atoms. The summed E-state index contributed by atoms with van der Waals surface area (Å²) < 4.78 is 11.0. The molecule has 0 radical (unpaired) electrons. The minimum atomic E-state index is -0.203. The normalized spacial score (nSPS) is 17.7. The van der Waals surface area contributed by atoms with E-state index >= 15 is 0 Å². The molecule has 2 aromatic rings. The molecule has 8 heteroatoms. The zero-order valence-corrected chi connectivity index (χ0v) is 18.9. The predicted octanol–water partition coefficient (Wildman–Crippen LogP) is 3.98. The van der Waals surface area contributed by atoms with Crippen LogP contribution in [0.4, 0.5) is 0 Å². The minimum absolute atomic E-state index is 0.0519. The van der Waals surface area contributed by atoms with Crippen LogP contribution in [0.5, 0.6) is 11.5 Å². The SMILES string of the molecule is C#Cc1cc(OCC(=O)NC2CCC(NC(=O)COc3ccc(Cl)cc3)CC2)ccc1Cl. The van der Waals surface area contributed by atoms with E-state index in [-0.39, 0.29) is 37.1 Å². The maximum absolute atomic E-state index is 12.2. The van der Waals surface area contributed by atoms with Crippen molar-refractivity contribution in [3.63, 3.8) is 0 Å². The third-order valence-electron chi connectivity index (χ3n) is 5.10. The summed E-state index contributed by atoms with van der Waals surface area (Å²) in [5.74, 6) is 3.18. The molecular weight excluding hydrogens is 451 g/mol. The summed E-state index contributed by atoms with van der Waals surface area (Å²) in [5, 5.41) is 7.03. The van der Waals surface area contributed by atoms with Gasteiger partial charge < -0.3 is 20.1 Å². The van der Waals surface area contributed by atoms with Gasteiger partial charge in [-0.05, 0) is 68.1 Å². The molecule has 0 heterocycles. The number of carbonyl (C=O) groups is 2. The Morgan fingerprint density at radius 2 is 1.38 bits per heavy atom. The Balaban J connectivity index is 1.33. The molecular formula is C24H24Cl2N2O4. The van der Waals surface area contributed by atoms with Gasteiger partial charge in [0.15, 0.2) is 13.2 Å². The lowest BCUT2D eigenvalue weighted by molar-refractivity contribution is -0.125. The molecule has 1 aliphatic carbocycles. The first-order chi connectivity index (χ1) is 15.4. The molecule has 0 unspecified atom stereocenters. The molecule has 1 aliphatic rings. The first-order valence-electron chi connectivity index (χ1n) is 10.3. The summed E-state index contributed by atoms with van der Waals surface area (Å²) in [5.41, 5.74) is 0.517. The van der Waals surface area contributed by atoms with E-state index in [1.54, 1.807) is 42.5 Å². The Hall–Kier alpha value is -2.88. The average Bonchev–Trinajstić information content (AvgIpc) is 2.79. The number of amides is 2. The van der Waals surface area contributed by atoms with Crippen molar-refractivity contribution in [2.75, 3.05) is 13.2 Å². The number of halogens is 2. The number of benzene rings is 2. The van der Waals surface area contributed by atoms with Crippen molar-refractivity contribution in [3.05, 3.63) is 58.1 Å². The number of ether oxygens (including phenoxy) is 2. The van der Waals surface area contributed by atoms with E-state index in [0.29, 0.717) is 27.1 Å². The van der Waals surface area contributed by atoms with Crippen molar-refractivity contribution in [3.8, 4) is 23.8 Å². The fourth-order valence-corrected chi connectivity index (χ4v) is 3.75. The molecule has 6 nitrogen and oxygen atoms in total. The lowest BCUT2D eigenvalue weighted by Crippen LogP contribution is -2.45. The third kappa shape index (κ3) is 7.37. The van der Waals surface area contributed by atoms with Gasteiger partial charge in [0.05, 0.1) is 5.02 Å². The Bertz CT molecular complexity index is 980. The third-order valence-corrected chi connectivity index (χ3v) is 5.69. The molecule has 0 spiro atoms. The summed E-state index contributed by atoms with van der Waals surface area (Å²) in [4.78, 5) is 24.3. The van der Waals surface area contributed by atoms with Crippen molar-refractivity contribution in [2.24, 2.45) is 0 Å². The fraction of sp³-hybridized carbons (Fsp3) is 0.333. The predicted molar refractivity (Wildman–Crippen MR) is 124 cm³/mol. The smallest absolute Gasteiger partial charge is 0.258 e. The maximum atomic E-state index is 12.2. The molecule has 0 aliphatic heterocycles. The van der Waals surface area contributed by atoms with E-state index < -0.39 is 0 Å². The number of rotatable bonds is 8. The van der Waals surface area contributed by atoms with Gasteiger partial charge in [0.2, 0.25) is 0 Å². The van der Waals surface area contributed by atoms with Crippen molar-refractivity contribution in [2.45, 2.75) is 37.8 Å². The van der Waals surface area contributed by atoms with Gasteiger partial charge in [-0.1, -0.05) is 29.1 Å². The van der Waals surface area contributed by atoms with E-state index in [1.807, 2.05) is 0 Å². The standard InChI is InChI=1S/C24H24Cl2N2O4/c1-2-16-13-21(11-12-22(16)26)32-15-24(30)28-19-7-5-18(6-8-19)27-23(29)14-31-20-9-3-17(25)4-10-20/h1,3-4,9-13,18-19H,5-8,14-15H2,(H,27,29)(H,28,30). The van der Waals surface area contributed by atoms with Crippen molar-refractivity contribution in [1.82, 2.24) is 10.6 Å². The van der Waals surface area contributed by atoms with E-state index in [4.69, 9.17) is 39.1 Å². The molecule has 2 aromatic carbocycles. The Labute approximate surface area is 197 Å². The number of nitrogens with one attached hydrogen (secondary N) is 2. The van der Waals surface area contributed by atoms with Gasteiger partial charge in [0, 0.05) is 22.7 Å². The molecule has 0 saturated heterocycles. The zero-order valence-electron chi connectivity index (χ0n) is 17.4. The number of carbonyl (C=O) groups excluding carboxylic acids is 2. The Kier molecular flexibility index (Phi) is 8.66. The molecule has 1 saturated carbocycles. The van der Waals surface area contributed by atoms with E-state index in [2.05, 4.69) is 16.6 Å². The van der Waals surface area contributed by atoms with Gasteiger partial charge in [-0.3, -0.25) is 9.59 Å². The van der Waals surface area contributed by atoms with Gasteiger partial charge in [-0.25, -0.2) is 0 Å². The molecule has 32 heavy (non-hydrogen) atoms. The zero-order chi connectivity index (χ0) is 22.9. The van der Waals surface area contributed by atoms with E-state index in [9.17, 15) is 9.59 Å². The highest BCUT2D eigenvalue weighted by molar-refractivity contribution is 6.31. The van der Waals surface area contributed by atoms with Gasteiger partial charge in [-0.2, -0.15) is 0 Å². The van der Waals surface area contributed by atoms with Crippen molar-refractivity contribution < 1.29 is 19.1 Å². The van der Waals surface area contributed by atoms with Crippen molar-refractivity contribution in [1.29, 1.82) is 0 Å². The van der Waals surface area contributed by atoms with Crippen LogP contribution in [-0.4, -0.2) is 37.1 Å². The van der Waals surface area contributed by atoms with Crippen LogP contribution >= 0.6 is 23.2 Å². The summed E-state index contributed by atoms with van der Waals surface area (Å²) in [7, 11) is 0. The van der Waals surface area contributed by atoms with Gasteiger partial charge >= 0.3 is 0 Å². The first kappa shape index (κ1) is 23.8. The average molecular weight is 475 g/mol. The summed E-state index contributed by atoms with van der Waals surface area (Å²) in [6, 6.07) is 11.9. The first-order valence-corrected chi connectivity index (χ1v) is 11.0. The highest BCUT2D eigenvalue weighted by atomic mass is 35.5. The number of hydrogen-bond acceptors (Lipinski definition) is 4. The summed E-state index contributed by atoms with van der Waals surface area (Å²) in [6.45, 7) is -0.161. The van der Waals surface area contributed by atoms with Crippen molar-refractivity contribution >= 4 is 35.0 Å². The van der Waals surface area contributed by atoms with Crippen LogP contribution in [0, 0.1) is 12.3 Å². The Morgan fingerprint density at radius 1 is 0.875 bits per heavy atom. The summed E-state index contributed by atoms with van der Waals surface area (Å²) in [6.07, 6.45) is 8.49. The lowest BCUT2D eigenvalue weighted by Gasteiger charge is -2.29. The Morgan fingerprint density at radius 3 is 1.91 bits per heavy atom. The molecule has 2 N–H and O–H groups in total. The largest absolute Gasteiger partial charge is 0.484 e. The van der Waals surface area contributed by atoms with Crippen LogP contribution in [0.3, 0.4) is 0 Å². The fourth-order valence-electron chi connectivity index (χ4n) is 3.45. The molecule has 0 atom stereocenters. The summed E-state index contributed by atoms with van der Waals surface area (Å²) >= 11 is 11.8. The molecule has 2 amide bonds. The second-order valence-electron chi connectivity index (χ2n) is 7.50. The van der Waals surface area contributed by atoms with E-state index in [1.165, 1.54) is 0 Å². The van der Waals surface area contributed by atoms with Gasteiger partial charge in [-0.15, -0.1) is 6.42 Å². The number of hydrogen-bond donors (Lipinski definition) is 2. The lowest BCUT2D eigenvalue weighted by atomic mass is 9.91. The maximum Gasteiger partial charge on any atom is 0.258 e. The highest BCUT2D eigenvalue weighted by Gasteiger charge is 2.23. The molecule has 1 fully saturated rings. The van der Waals surface area contributed by atoms with Crippen LogP contribution in [0.15, 0.2) is 42.5 Å². The monoisotopic (exact) mass is 474 g/mol. The van der Waals surface area contributed by atoms with Crippen LogP contribution in [0.2, 0.25) is 10.0 Å². The second kappa shape index (κ2) is 11.7. The van der Waals surface area contributed by atoms with Crippen LogP contribution in [0.1, 0.15) is 31.2 Å². The quantitative estimate of drug-likeness (QED) is 0.567.